The summed E-state index contributed by atoms with van der Waals surface area (Å²) >= 11 is 1.42. The number of carbonyl (C=O) groups excluding carboxylic acids is 3. The summed E-state index contributed by atoms with van der Waals surface area (Å²) in [5, 5.41) is 3.30. The van der Waals surface area contributed by atoms with Crippen molar-refractivity contribution in [1.82, 2.24) is 9.97 Å². The molecule has 1 unspecified atom stereocenters. The molecule has 4 rings (SSSR count). The quantitative estimate of drug-likeness (QED) is 0.593. The highest BCUT2D eigenvalue weighted by atomic mass is 32.1. The van der Waals surface area contributed by atoms with Crippen LogP contribution >= 0.6 is 11.3 Å². The van der Waals surface area contributed by atoms with Crippen LogP contribution in [0.4, 0.5) is 10.9 Å². The fourth-order valence-electron chi connectivity index (χ4n) is 4.38. The Hall–Kier alpha value is -3.01. The summed E-state index contributed by atoms with van der Waals surface area (Å²) in [6.07, 6.45) is 7.38. The van der Waals surface area contributed by atoms with E-state index in [9.17, 15) is 14.4 Å². The van der Waals surface area contributed by atoms with Gasteiger partial charge in [-0.05, 0) is 64.0 Å². The van der Waals surface area contributed by atoms with Gasteiger partial charge >= 0.3 is 11.9 Å². The first-order chi connectivity index (χ1) is 16.5. The minimum Gasteiger partial charge on any atom is -0.462 e. The van der Waals surface area contributed by atoms with E-state index < -0.39 is 18.0 Å². The second-order valence-corrected chi connectivity index (χ2v) is 9.62. The molecule has 10 heteroatoms. The fraction of sp³-hybridized carbons (Fsp3) is 0.542. The molecular formula is C24H30N4O5S. The number of nitrogens with zero attached hydrogens (tertiary/aromatic N) is 3. The summed E-state index contributed by atoms with van der Waals surface area (Å²) in [6, 6.07) is 1.77. The predicted octanol–water partition coefficient (Wildman–Crippen LogP) is 3.38. The van der Waals surface area contributed by atoms with Crippen LogP contribution in [0.1, 0.15) is 60.3 Å². The Morgan fingerprint density at radius 3 is 2.59 bits per heavy atom. The number of aryl methyl sites for hydroxylation is 1. The molecule has 1 N–H and O–H groups in total. The van der Waals surface area contributed by atoms with Gasteiger partial charge < -0.3 is 19.7 Å². The highest BCUT2D eigenvalue weighted by Gasteiger charge is 2.31. The standard InChI is InChI=1S/C24H30N4O5S/c1-3-32-23(31)19-17-7-4-5-8-18(17)34-21(19)27-20(29)15(2)33-22(30)16-9-13-28(14-10-16)24-25-11-6-12-26-24/h6,11-12,15-16H,3-5,7-10,13-14H2,1-2H3,(H,27,29). The van der Waals surface area contributed by atoms with Gasteiger partial charge in [0, 0.05) is 30.4 Å². The maximum atomic E-state index is 12.9. The van der Waals surface area contributed by atoms with Gasteiger partial charge in [0.05, 0.1) is 18.1 Å². The number of piperidine rings is 1. The van der Waals surface area contributed by atoms with Crippen LogP contribution < -0.4 is 10.2 Å². The van der Waals surface area contributed by atoms with Crippen LogP contribution in [0.15, 0.2) is 18.5 Å². The van der Waals surface area contributed by atoms with Crippen molar-refractivity contribution in [3.05, 3.63) is 34.5 Å². The molecule has 1 saturated heterocycles. The van der Waals surface area contributed by atoms with E-state index in [4.69, 9.17) is 9.47 Å². The van der Waals surface area contributed by atoms with Gasteiger partial charge in [-0.3, -0.25) is 9.59 Å². The zero-order valence-electron chi connectivity index (χ0n) is 19.5. The van der Waals surface area contributed by atoms with Crippen molar-refractivity contribution >= 4 is 40.1 Å². The zero-order valence-corrected chi connectivity index (χ0v) is 20.4. The van der Waals surface area contributed by atoms with Gasteiger partial charge in [0.1, 0.15) is 5.00 Å². The lowest BCUT2D eigenvalue weighted by Crippen LogP contribution is -2.39. The number of hydrogen-bond donors (Lipinski definition) is 1. The fourth-order valence-corrected chi connectivity index (χ4v) is 5.66. The lowest BCUT2D eigenvalue weighted by atomic mass is 9.95. The number of anilines is 2. The molecule has 1 aliphatic heterocycles. The van der Waals surface area contributed by atoms with Crippen LogP contribution in [-0.2, 0) is 31.9 Å². The van der Waals surface area contributed by atoms with Crippen molar-refractivity contribution in [1.29, 1.82) is 0 Å². The van der Waals surface area contributed by atoms with Crippen LogP contribution in [0.2, 0.25) is 0 Å². The molecule has 3 heterocycles. The van der Waals surface area contributed by atoms with E-state index in [1.54, 1.807) is 32.3 Å². The van der Waals surface area contributed by atoms with Crippen molar-refractivity contribution in [2.45, 2.75) is 58.5 Å². The van der Waals surface area contributed by atoms with Gasteiger partial charge in [0.15, 0.2) is 6.10 Å². The molecule has 1 amide bonds. The largest absolute Gasteiger partial charge is 0.462 e. The number of thiophene rings is 1. The summed E-state index contributed by atoms with van der Waals surface area (Å²) in [4.78, 5) is 49.8. The Morgan fingerprint density at radius 1 is 1.18 bits per heavy atom. The molecule has 9 nitrogen and oxygen atoms in total. The number of ether oxygens (including phenoxy) is 2. The summed E-state index contributed by atoms with van der Waals surface area (Å²) in [7, 11) is 0. The van der Waals surface area contributed by atoms with Gasteiger partial charge in [-0.15, -0.1) is 11.3 Å². The van der Waals surface area contributed by atoms with Crippen LogP contribution in [0, 0.1) is 5.92 Å². The number of aromatic nitrogens is 2. The monoisotopic (exact) mass is 486 g/mol. The van der Waals surface area contributed by atoms with Crippen LogP contribution in [0.25, 0.3) is 0 Å². The van der Waals surface area contributed by atoms with E-state index >= 15 is 0 Å². The lowest BCUT2D eigenvalue weighted by Gasteiger charge is -2.31. The summed E-state index contributed by atoms with van der Waals surface area (Å²) in [5.74, 6) is -0.881. The minimum absolute atomic E-state index is 0.264. The summed E-state index contributed by atoms with van der Waals surface area (Å²) < 4.78 is 10.7. The normalized spacial score (nSPS) is 16.9. The van der Waals surface area contributed by atoms with Gasteiger partial charge in [0.2, 0.25) is 5.95 Å². The maximum absolute atomic E-state index is 12.9. The van der Waals surface area contributed by atoms with Crippen LogP contribution in [0.3, 0.4) is 0 Å². The third-order valence-corrected chi connectivity index (χ3v) is 7.42. The highest BCUT2D eigenvalue weighted by Crippen LogP contribution is 2.38. The average molecular weight is 487 g/mol. The molecule has 0 spiro atoms. The van der Waals surface area contributed by atoms with Crippen molar-refractivity contribution in [3.8, 4) is 0 Å². The van der Waals surface area contributed by atoms with Crippen molar-refractivity contribution in [2.24, 2.45) is 5.92 Å². The third-order valence-electron chi connectivity index (χ3n) is 6.21. The Morgan fingerprint density at radius 2 is 1.88 bits per heavy atom. The van der Waals surface area contributed by atoms with E-state index in [-0.39, 0.29) is 18.5 Å². The first-order valence-corrected chi connectivity index (χ1v) is 12.6. The van der Waals surface area contributed by atoms with Crippen molar-refractivity contribution in [3.63, 3.8) is 0 Å². The molecule has 1 atom stereocenters. The number of carbonyl (C=O) groups is 3. The minimum atomic E-state index is -0.975. The van der Waals surface area contributed by atoms with Gasteiger partial charge in [-0.1, -0.05) is 0 Å². The molecule has 2 aromatic heterocycles. The topological polar surface area (TPSA) is 111 Å². The SMILES string of the molecule is CCOC(=O)c1c(NC(=O)C(C)OC(=O)C2CCN(c3ncccn3)CC2)sc2c1CCCC2. The van der Waals surface area contributed by atoms with Crippen LogP contribution in [-0.4, -0.2) is 53.6 Å². The summed E-state index contributed by atoms with van der Waals surface area (Å²) in [6.45, 7) is 4.87. The molecule has 0 saturated carbocycles. The number of fused-ring (bicyclic) bond motifs is 1. The second kappa shape index (κ2) is 10.9. The Bertz CT molecular complexity index is 1030. The number of rotatable bonds is 7. The Labute approximate surface area is 202 Å². The van der Waals surface area contributed by atoms with E-state index in [1.165, 1.54) is 11.3 Å². The van der Waals surface area contributed by atoms with E-state index in [0.717, 1.165) is 36.1 Å². The molecule has 1 aliphatic carbocycles. The molecule has 182 valence electrons. The zero-order chi connectivity index (χ0) is 24.1. The number of esters is 2. The molecule has 1 fully saturated rings. The van der Waals surface area contributed by atoms with Gasteiger partial charge in [-0.25, -0.2) is 14.8 Å². The average Bonchev–Trinajstić information content (AvgIpc) is 3.22. The highest BCUT2D eigenvalue weighted by molar-refractivity contribution is 7.17. The van der Waals surface area contributed by atoms with Crippen molar-refractivity contribution < 1.29 is 23.9 Å². The van der Waals surface area contributed by atoms with Gasteiger partial charge in [-0.2, -0.15) is 0 Å². The number of hydrogen-bond acceptors (Lipinski definition) is 9. The maximum Gasteiger partial charge on any atom is 0.341 e. The predicted molar refractivity (Wildman–Crippen MR) is 128 cm³/mol. The lowest BCUT2D eigenvalue weighted by molar-refractivity contribution is -0.157. The molecule has 0 aromatic carbocycles. The molecule has 2 aliphatic rings. The van der Waals surface area contributed by atoms with E-state index in [2.05, 4.69) is 15.3 Å². The first kappa shape index (κ1) is 24.1. The van der Waals surface area contributed by atoms with E-state index in [0.29, 0.717) is 42.4 Å². The van der Waals surface area contributed by atoms with E-state index in [1.807, 2.05) is 4.90 Å². The molecular weight excluding hydrogens is 456 g/mol. The Balaban J connectivity index is 1.35. The van der Waals surface area contributed by atoms with Crippen LogP contribution in [0.5, 0.6) is 0 Å². The first-order valence-electron chi connectivity index (χ1n) is 11.8. The number of nitrogens with one attached hydrogen (secondary N) is 1. The van der Waals surface area contributed by atoms with Crippen molar-refractivity contribution in [2.75, 3.05) is 29.9 Å². The molecule has 0 radical (unpaired) electrons. The molecule has 34 heavy (non-hydrogen) atoms. The molecule has 0 bridgehead atoms. The number of amides is 1. The third kappa shape index (κ3) is 5.38. The van der Waals surface area contributed by atoms with Gasteiger partial charge in [0.25, 0.3) is 5.91 Å². The second-order valence-electron chi connectivity index (χ2n) is 8.51. The Kier molecular flexibility index (Phi) is 7.77. The smallest absolute Gasteiger partial charge is 0.341 e. The summed E-state index contributed by atoms with van der Waals surface area (Å²) in [5.41, 5.74) is 1.42. The molecule has 2 aromatic rings.